The largest absolute Gasteiger partial charge is 0.240 e. The molecular formula is C12H20N2O4S2. The van der Waals surface area contributed by atoms with Crippen molar-refractivity contribution in [3.05, 3.63) is 24.3 Å². The van der Waals surface area contributed by atoms with Crippen molar-refractivity contribution in [2.75, 3.05) is 6.54 Å². The number of sulfonamides is 2. The van der Waals surface area contributed by atoms with E-state index in [-0.39, 0.29) is 15.7 Å². The van der Waals surface area contributed by atoms with Gasteiger partial charge in [-0.05, 0) is 24.1 Å². The topological polar surface area (TPSA) is 106 Å². The number of benzene rings is 1. The molecule has 1 aromatic carbocycles. The van der Waals surface area contributed by atoms with E-state index in [9.17, 15) is 16.8 Å². The van der Waals surface area contributed by atoms with E-state index in [1.165, 1.54) is 18.2 Å². The first-order chi connectivity index (χ1) is 9.20. The quantitative estimate of drug-likeness (QED) is 0.783. The lowest BCUT2D eigenvalue weighted by atomic mass is 10.0. The van der Waals surface area contributed by atoms with Crippen molar-refractivity contribution < 1.29 is 16.8 Å². The summed E-state index contributed by atoms with van der Waals surface area (Å²) >= 11 is 0. The van der Waals surface area contributed by atoms with Gasteiger partial charge in [-0.3, -0.25) is 0 Å². The lowest BCUT2D eigenvalue weighted by molar-refractivity contribution is 0.479. The van der Waals surface area contributed by atoms with Gasteiger partial charge in [0.05, 0.1) is 9.79 Å². The fourth-order valence-corrected chi connectivity index (χ4v) is 3.50. The number of primary sulfonamides is 1. The molecule has 0 amide bonds. The van der Waals surface area contributed by atoms with E-state index in [4.69, 9.17) is 5.14 Å². The maximum absolute atomic E-state index is 12.1. The molecule has 0 aromatic heterocycles. The molecule has 6 nitrogen and oxygen atoms in total. The fraction of sp³-hybridized carbons (Fsp3) is 0.500. The summed E-state index contributed by atoms with van der Waals surface area (Å²) in [5.41, 5.74) is 0. The molecule has 1 rings (SSSR count). The Kier molecular flexibility index (Phi) is 5.69. The van der Waals surface area contributed by atoms with Gasteiger partial charge in [0.25, 0.3) is 0 Å². The van der Waals surface area contributed by atoms with Crippen LogP contribution in [0.3, 0.4) is 0 Å². The van der Waals surface area contributed by atoms with Crippen LogP contribution < -0.4 is 9.86 Å². The highest BCUT2D eigenvalue weighted by Gasteiger charge is 2.18. The SMILES string of the molecule is CCC(CC)CNS(=O)(=O)c1cccc(S(N)(=O)=O)c1. The van der Waals surface area contributed by atoms with Crippen LogP contribution in [0.5, 0.6) is 0 Å². The third-order valence-corrected chi connectivity index (χ3v) is 5.49. The van der Waals surface area contributed by atoms with E-state index in [1.54, 1.807) is 0 Å². The summed E-state index contributed by atoms with van der Waals surface area (Å²) in [6.45, 7) is 4.31. The van der Waals surface area contributed by atoms with Crippen molar-refractivity contribution in [1.29, 1.82) is 0 Å². The molecular weight excluding hydrogens is 300 g/mol. The molecule has 0 aliphatic rings. The van der Waals surface area contributed by atoms with Gasteiger partial charge in [0.2, 0.25) is 20.0 Å². The van der Waals surface area contributed by atoms with Crippen molar-refractivity contribution in [2.24, 2.45) is 11.1 Å². The standard InChI is InChI=1S/C12H20N2O4S2/c1-3-10(4-2)9-14-20(17,18)12-7-5-6-11(8-12)19(13,15)16/h5-8,10,14H,3-4,9H2,1-2H3,(H2,13,15,16). The van der Waals surface area contributed by atoms with Gasteiger partial charge in [-0.15, -0.1) is 0 Å². The zero-order chi connectivity index (χ0) is 15.4. The molecule has 0 fully saturated rings. The molecule has 20 heavy (non-hydrogen) atoms. The molecule has 0 bridgehead atoms. The molecule has 3 N–H and O–H groups in total. The van der Waals surface area contributed by atoms with Crippen LogP contribution in [0.4, 0.5) is 0 Å². The fourth-order valence-electron chi connectivity index (χ4n) is 1.71. The Bertz CT molecular complexity index is 650. The number of rotatable bonds is 7. The predicted octanol–water partition coefficient (Wildman–Crippen LogP) is 1.05. The Balaban J connectivity index is 2.99. The molecule has 8 heteroatoms. The first-order valence-electron chi connectivity index (χ1n) is 6.33. The van der Waals surface area contributed by atoms with Gasteiger partial charge < -0.3 is 0 Å². The number of nitrogens with one attached hydrogen (secondary N) is 1. The number of nitrogens with two attached hydrogens (primary N) is 1. The second-order valence-corrected chi connectivity index (χ2v) is 7.88. The van der Waals surface area contributed by atoms with Gasteiger partial charge in [-0.1, -0.05) is 32.8 Å². The summed E-state index contributed by atoms with van der Waals surface area (Å²) in [5, 5.41) is 4.99. The third kappa shape index (κ3) is 4.55. The van der Waals surface area contributed by atoms with Crippen LogP contribution in [-0.2, 0) is 20.0 Å². The Morgan fingerprint density at radius 1 is 1.10 bits per heavy atom. The molecule has 0 aliphatic carbocycles. The van der Waals surface area contributed by atoms with E-state index in [2.05, 4.69) is 4.72 Å². The Labute approximate surface area is 120 Å². The first kappa shape index (κ1) is 17.1. The highest BCUT2D eigenvalue weighted by Crippen LogP contribution is 2.15. The van der Waals surface area contributed by atoms with Crippen LogP contribution in [0.1, 0.15) is 26.7 Å². The van der Waals surface area contributed by atoms with Crippen molar-refractivity contribution in [3.8, 4) is 0 Å². The van der Waals surface area contributed by atoms with Crippen LogP contribution >= 0.6 is 0 Å². The van der Waals surface area contributed by atoms with Gasteiger partial charge in [0, 0.05) is 6.54 Å². The summed E-state index contributed by atoms with van der Waals surface area (Å²) in [5.74, 6) is 0.256. The predicted molar refractivity (Wildman–Crippen MR) is 77.1 cm³/mol. The first-order valence-corrected chi connectivity index (χ1v) is 9.36. The molecule has 0 atom stereocenters. The van der Waals surface area contributed by atoms with Crippen LogP contribution in [0.15, 0.2) is 34.1 Å². The van der Waals surface area contributed by atoms with E-state index in [1.807, 2.05) is 13.8 Å². The van der Waals surface area contributed by atoms with Gasteiger partial charge in [0.1, 0.15) is 0 Å². The van der Waals surface area contributed by atoms with Crippen molar-refractivity contribution in [1.82, 2.24) is 4.72 Å². The molecule has 0 radical (unpaired) electrons. The zero-order valence-electron chi connectivity index (χ0n) is 11.5. The van der Waals surface area contributed by atoms with E-state index in [0.29, 0.717) is 6.54 Å². The summed E-state index contributed by atoms with van der Waals surface area (Å²) in [6, 6.07) is 5.01. The minimum absolute atomic E-state index is 0.102. The van der Waals surface area contributed by atoms with E-state index in [0.717, 1.165) is 18.9 Å². The van der Waals surface area contributed by atoms with Crippen molar-refractivity contribution in [3.63, 3.8) is 0 Å². The molecule has 0 heterocycles. The minimum atomic E-state index is -3.92. The Morgan fingerprint density at radius 3 is 2.15 bits per heavy atom. The normalized spacial score (nSPS) is 12.8. The smallest absolute Gasteiger partial charge is 0.225 e. The number of hydrogen-bond acceptors (Lipinski definition) is 4. The van der Waals surface area contributed by atoms with Gasteiger partial charge in [-0.25, -0.2) is 26.7 Å². The maximum atomic E-state index is 12.1. The zero-order valence-corrected chi connectivity index (χ0v) is 13.2. The van der Waals surface area contributed by atoms with Crippen LogP contribution in [-0.4, -0.2) is 23.4 Å². The van der Waals surface area contributed by atoms with Gasteiger partial charge in [0.15, 0.2) is 0 Å². The summed E-state index contributed by atoms with van der Waals surface area (Å²) in [4.78, 5) is -0.321. The molecule has 0 unspecified atom stereocenters. The maximum Gasteiger partial charge on any atom is 0.240 e. The highest BCUT2D eigenvalue weighted by molar-refractivity contribution is 7.90. The molecule has 114 valence electrons. The van der Waals surface area contributed by atoms with Gasteiger partial charge in [-0.2, -0.15) is 0 Å². The molecule has 0 spiro atoms. The van der Waals surface area contributed by atoms with Crippen molar-refractivity contribution >= 4 is 20.0 Å². The van der Waals surface area contributed by atoms with Crippen LogP contribution in [0.25, 0.3) is 0 Å². The highest BCUT2D eigenvalue weighted by atomic mass is 32.2. The second kappa shape index (κ2) is 6.66. The lowest BCUT2D eigenvalue weighted by Gasteiger charge is -2.13. The van der Waals surface area contributed by atoms with E-state index < -0.39 is 20.0 Å². The summed E-state index contributed by atoms with van der Waals surface area (Å²) in [6.07, 6.45) is 1.74. The second-order valence-electron chi connectivity index (χ2n) is 4.55. The molecule has 0 aliphatic heterocycles. The molecule has 0 saturated heterocycles. The lowest BCUT2D eigenvalue weighted by Crippen LogP contribution is -2.29. The third-order valence-electron chi connectivity index (χ3n) is 3.16. The van der Waals surface area contributed by atoms with Crippen LogP contribution in [0, 0.1) is 5.92 Å². The average molecular weight is 320 g/mol. The average Bonchev–Trinajstić information content (AvgIpc) is 2.39. The Morgan fingerprint density at radius 2 is 1.65 bits per heavy atom. The minimum Gasteiger partial charge on any atom is -0.225 e. The van der Waals surface area contributed by atoms with E-state index >= 15 is 0 Å². The van der Waals surface area contributed by atoms with Crippen molar-refractivity contribution in [2.45, 2.75) is 36.5 Å². The Hall–Kier alpha value is -0.960. The summed E-state index contributed by atoms with van der Waals surface area (Å²) < 4.78 is 49.2. The number of hydrogen-bond donors (Lipinski definition) is 2. The monoisotopic (exact) mass is 320 g/mol. The van der Waals surface area contributed by atoms with Crippen LogP contribution in [0.2, 0.25) is 0 Å². The molecule has 0 saturated carbocycles. The summed E-state index contributed by atoms with van der Waals surface area (Å²) in [7, 11) is -7.65. The molecule has 1 aromatic rings. The van der Waals surface area contributed by atoms with Gasteiger partial charge >= 0.3 is 0 Å².